The zero-order valence-corrected chi connectivity index (χ0v) is 10.4. The van der Waals surface area contributed by atoms with E-state index in [9.17, 15) is 5.11 Å². The number of hydrogen-bond donors (Lipinski definition) is 4. The predicted molar refractivity (Wildman–Crippen MR) is 72.6 cm³/mol. The topological polar surface area (TPSA) is 98.3 Å². The van der Waals surface area contributed by atoms with Gasteiger partial charge in [-0.1, -0.05) is 0 Å². The highest BCUT2D eigenvalue weighted by Crippen LogP contribution is 2.24. The number of anilines is 2. The molecule has 4 heteroatoms. The monoisotopic (exact) mass is 237 g/mol. The van der Waals surface area contributed by atoms with Crippen LogP contribution in [0.25, 0.3) is 0 Å². The molecule has 0 aliphatic rings. The largest absolute Gasteiger partial charge is 0.398 e. The zero-order valence-electron chi connectivity index (χ0n) is 10.4. The molecule has 0 radical (unpaired) electrons. The van der Waals surface area contributed by atoms with Crippen LogP contribution in [0.2, 0.25) is 0 Å². The quantitative estimate of drug-likeness (QED) is 0.559. The maximum atomic E-state index is 9.57. The molecule has 0 fully saturated rings. The Morgan fingerprint density at radius 1 is 1.18 bits per heavy atom. The van der Waals surface area contributed by atoms with Gasteiger partial charge in [0.15, 0.2) is 0 Å². The van der Waals surface area contributed by atoms with E-state index in [4.69, 9.17) is 17.2 Å². The molecule has 0 saturated carbocycles. The van der Waals surface area contributed by atoms with Crippen molar-refractivity contribution >= 4 is 11.4 Å². The van der Waals surface area contributed by atoms with E-state index in [2.05, 4.69) is 0 Å². The van der Waals surface area contributed by atoms with Gasteiger partial charge in [-0.25, -0.2) is 0 Å². The SMILES string of the molecule is Cc1cc(N)c(CCCC(O)CCN)c(N)c1. The van der Waals surface area contributed by atoms with Gasteiger partial charge in [0.1, 0.15) is 0 Å². The van der Waals surface area contributed by atoms with Gasteiger partial charge >= 0.3 is 0 Å². The van der Waals surface area contributed by atoms with Crippen LogP contribution < -0.4 is 17.2 Å². The first-order valence-corrected chi connectivity index (χ1v) is 6.07. The fraction of sp³-hybridized carbons (Fsp3) is 0.538. The Morgan fingerprint density at radius 2 is 1.76 bits per heavy atom. The van der Waals surface area contributed by atoms with E-state index in [0.29, 0.717) is 13.0 Å². The molecule has 0 saturated heterocycles. The van der Waals surface area contributed by atoms with Crippen molar-refractivity contribution < 1.29 is 5.11 Å². The van der Waals surface area contributed by atoms with E-state index in [0.717, 1.165) is 41.8 Å². The van der Waals surface area contributed by atoms with Crippen LogP contribution in [0.15, 0.2) is 12.1 Å². The lowest BCUT2D eigenvalue weighted by Gasteiger charge is -2.12. The van der Waals surface area contributed by atoms with Crippen molar-refractivity contribution in [2.45, 2.75) is 38.7 Å². The third-order valence-corrected chi connectivity index (χ3v) is 2.93. The molecule has 7 N–H and O–H groups in total. The van der Waals surface area contributed by atoms with Gasteiger partial charge in [-0.2, -0.15) is 0 Å². The van der Waals surface area contributed by atoms with Crippen LogP contribution in [0.1, 0.15) is 30.4 Å². The lowest BCUT2D eigenvalue weighted by Crippen LogP contribution is -2.13. The van der Waals surface area contributed by atoms with E-state index >= 15 is 0 Å². The smallest absolute Gasteiger partial charge is 0.0552 e. The first-order valence-electron chi connectivity index (χ1n) is 6.07. The molecule has 1 unspecified atom stereocenters. The standard InChI is InChI=1S/C13H23N3O/c1-9-7-12(15)11(13(16)8-9)4-2-3-10(17)5-6-14/h7-8,10,17H,2-6,14-16H2,1H3. The van der Waals surface area contributed by atoms with Crippen LogP contribution >= 0.6 is 0 Å². The Labute approximate surface area is 103 Å². The van der Waals surface area contributed by atoms with Gasteiger partial charge in [0.2, 0.25) is 0 Å². The summed E-state index contributed by atoms with van der Waals surface area (Å²) in [6.45, 7) is 2.50. The molecule has 4 nitrogen and oxygen atoms in total. The van der Waals surface area contributed by atoms with Gasteiger partial charge < -0.3 is 22.3 Å². The highest BCUT2D eigenvalue weighted by Gasteiger charge is 2.07. The van der Waals surface area contributed by atoms with Crippen LogP contribution in [-0.2, 0) is 6.42 Å². The van der Waals surface area contributed by atoms with Gasteiger partial charge in [0, 0.05) is 11.4 Å². The maximum absolute atomic E-state index is 9.57. The Balaban J connectivity index is 2.52. The lowest BCUT2D eigenvalue weighted by atomic mass is 10.00. The van der Waals surface area contributed by atoms with E-state index in [1.165, 1.54) is 0 Å². The average Bonchev–Trinajstić information content (AvgIpc) is 2.22. The molecule has 1 aromatic rings. The van der Waals surface area contributed by atoms with Crippen LogP contribution in [0, 0.1) is 6.92 Å². The molecule has 0 bridgehead atoms. The minimum Gasteiger partial charge on any atom is -0.398 e. The Kier molecular flexibility index (Phi) is 5.25. The van der Waals surface area contributed by atoms with E-state index in [1.807, 2.05) is 19.1 Å². The van der Waals surface area contributed by atoms with Crippen molar-refractivity contribution in [1.82, 2.24) is 0 Å². The summed E-state index contributed by atoms with van der Waals surface area (Å²) in [6.07, 6.45) is 2.76. The van der Waals surface area contributed by atoms with Gasteiger partial charge in [0.25, 0.3) is 0 Å². The molecule has 0 heterocycles. The molecule has 1 rings (SSSR count). The second-order valence-corrected chi connectivity index (χ2v) is 4.55. The summed E-state index contributed by atoms with van der Waals surface area (Å²) in [5.74, 6) is 0. The number of rotatable bonds is 6. The second-order valence-electron chi connectivity index (χ2n) is 4.55. The third-order valence-electron chi connectivity index (χ3n) is 2.93. The summed E-state index contributed by atoms with van der Waals surface area (Å²) in [6, 6.07) is 3.87. The Bertz CT molecular complexity index is 343. The molecule has 1 atom stereocenters. The minimum atomic E-state index is -0.312. The molecule has 0 amide bonds. The Hall–Kier alpha value is -1.26. The van der Waals surface area contributed by atoms with Crippen molar-refractivity contribution in [2.75, 3.05) is 18.0 Å². The van der Waals surface area contributed by atoms with Crippen molar-refractivity contribution in [3.05, 3.63) is 23.3 Å². The zero-order chi connectivity index (χ0) is 12.8. The summed E-state index contributed by atoms with van der Waals surface area (Å²) >= 11 is 0. The molecule has 0 aromatic heterocycles. The van der Waals surface area contributed by atoms with Gasteiger partial charge in [-0.05, 0) is 62.4 Å². The number of aliphatic hydroxyl groups excluding tert-OH is 1. The average molecular weight is 237 g/mol. The van der Waals surface area contributed by atoms with Gasteiger partial charge in [-0.15, -0.1) is 0 Å². The number of aliphatic hydroxyl groups is 1. The fourth-order valence-corrected chi connectivity index (χ4v) is 2.01. The summed E-state index contributed by atoms with van der Waals surface area (Å²) in [4.78, 5) is 0. The van der Waals surface area contributed by atoms with Gasteiger partial charge in [0.05, 0.1) is 6.10 Å². The van der Waals surface area contributed by atoms with Crippen molar-refractivity contribution in [3.63, 3.8) is 0 Å². The van der Waals surface area contributed by atoms with E-state index in [-0.39, 0.29) is 6.10 Å². The summed E-state index contributed by atoms with van der Waals surface area (Å²) in [5.41, 5.74) is 20.8. The molecule has 1 aromatic carbocycles. The van der Waals surface area contributed by atoms with Crippen LogP contribution in [0.5, 0.6) is 0 Å². The maximum Gasteiger partial charge on any atom is 0.0552 e. The van der Waals surface area contributed by atoms with Crippen LogP contribution in [0.4, 0.5) is 11.4 Å². The van der Waals surface area contributed by atoms with E-state index in [1.54, 1.807) is 0 Å². The molecular formula is C13H23N3O. The highest BCUT2D eigenvalue weighted by molar-refractivity contribution is 5.63. The fourth-order valence-electron chi connectivity index (χ4n) is 2.01. The number of nitrogen functional groups attached to an aromatic ring is 2. The highest BCUT2D eigenvalue weighted by atomic mass is 16.3. The first-order chi connectivity index (χ1) is 8.04. The number of hydrogen-bond acceptors (Lipinski definition) is 4. The molecule has 96 valence electrons. The van der Waals surface area contributed by atoms with Crippen molar-refractivity contribution in [2.24, 2.45) is 5.73 Å². The lowest BCUT2D eigenvalue weighted by molar-refractivity contribution is 0.154. The molecule has 17 heavy (non-hydrogen) atoms. The van der Waals surface area contributed by atoms with E-state index < -0.39 is 0 Å². The summed E-state index contributed by atoms with van der Waals surface area (Å²) < 4.78 is 0. The molecule has 0 aliphatic heterocycles. The second kappa shape index (κ2) is 6.47. The number of nitrogens with two attached hydrogens (primary N) is 3. The van der Waals surface area contributed by atoms with Crippen LogP contribution in [-0.4, -0.2) is 17.8 Å². The first kappa shape index (κ1) is 13.8. The summed E-state index contributed by atoms with van der Waals surface area (Å²) in [5, 5.41) is 9.57. The van der Waals surface area contributed by atoms with Crippen molar-refractivity contribution in [1.29, 1.82) is 0 Å². The Morgan fingerprint density at radius 3 is 2.29 bits per heavy atom. The van der Waals surface area contributed by atoms with Crippen LogP contribution in [0.3, 0.4) is 0 Å². The normalized spacial score (nSPS) is 12.6. The third kappa shape index (κ3) is 4.24. The molecule has 0 aliphatic carbocycles. The molecular weight excluding hydrogens is 214 g/mol. The van der Waals surface area contributed by atoms with Gasteiger partial charge in [-0.3, -0.25) is 0 Å². The van der Waals surface area contributed by atoms with Crippen molar-refractivity contribution in [3.8, 4) is 0 Å². The molecule has 0 spiro atoms. The number of aryl methyl sites for hydroxylation is 1. The summed E-state index contributed by atoms with van der Waals surface area (Å²) in [7, 11) is 0. The number of benzene rings is 1. The predicted octanol–water partition coefficient (Wildman–Crippen LogP) is 1.19. The minimum absolute atomic E-state index is 0.312.